The number of aromatic nitrogens is 2. The Kier molecular flexibility index (Phi) is 5.70. The van der Waals surface area contributed by atoms with Crippen LogP contribution >= 0.6 is 15.9 Å². The third-order valence-corrected chi connectivity index (χ3v) is 9.93. The van der Waals surface area contributed by atoms with Gasteiger partial charge in [0.1, 0.15) is 11.0 Å². The highest BCUT2D eigenvalue weighted by atomic mass is 79.9. The maximum Gasteiger partial charge on any atom is 0.416 e. The zero-order valence-electron chi connectivity index (χ0n) is 17.5. The maximum absolute atomic E-state index is 13.9. The fraction of sp³-hybridized carbons (Fsp3) is 0.524. The molecule has 5 rings (SSSR count). The zero-order valence-corrected chi connectivity index (χ0v) is 19.9. The summed E-state index contributed by atoms with van der Waals surface area (Å²) >= 11 is 3.15. The third kappa shape index (κ3) is 4.15. The van der Waals surface area contributed by atoms with Gasteiger partial charge in [0.05, 0.1) is 28.5 Å². The van der Waals surface area contributed by atoms with Crippen LogP contribution in [0.1, 0.15) is 36.4 Å². The van der Waals surface area contributed by atoms with E-state index in [0.29, 0.717) is 37.5 Å². The van der Waals surface area contributed by atoms with E-state index >= 15 is 0 Å². The van der Waals surface area contributed by atoms with Crippen molar-refractivity contribution in [2.24, 2.45) is 0 Å². The molecule has 3 heterocycles. The Hall–Kier alpha value is -1.76. The lowest BCUT2D eigenvalue weighted by Crippen LogP contribution is -2.61. The van der Waals surface area contributed by atoms with E-state index in [1.807, 2.05) is 0 Å². The molecule has 7 nitrogen and oxygen atoms in total. The molecule has 12 heteroatoms. The number of benzene rings is 1. The summed E-state index contributed by atoms with van der Waals surface area (Å²) in [5, 5.41) is 3.11. The van der Waals surface area contributed by atoms with Crippen molar-refractivity contribution < 1.29 is 26.3 Å². The minimum absolute atomic E-state index is 0.0875. The van der Waals surface area contributed by atoms with Crippen molar-refractivity contribution in [2.75, 3.05) is 26.2 Å². The lowest BCUT2D eigenvalue weighted by molar-refractivity contribution is -0.137. The van der Waals surface area contributed by atoms with E-state index in [1.165, 1.54) is 0 Å². The summed E-state index contributed by atoms with van der Waals surface area (Å²) in [5.74, 6) is 0.766. The number of halogens is 4. The molecule has 0 spiro atoms. The van der Waals surface area contributed by atoms with Gasteiger partial charge in [-0.2, -0.15) is 13.2 Å². The minimum Gasteiger partial charge on any atom is -0.472 e. The Morgan fingerprint density at radius 3 is 2.67 bits per heavy atom. The molecule has 0 amide bonds. The molecule has 2 unspecified atom stereocenters. The predicted molar refractivity (Wildman–Crippen MR) is 117 cm³/mol. The summed E-state index contributed by atoms with van der Waals surface area (Å²) < 4.78 is 73.7. The molecular weight excluding hydrogens is 525 g/mol. The monoisotopic (exact) mass is 546 g/mol. The highest BCUT2D eigenvalue weighted by Crippen LogP contribution is 2.44. The molecule has 0 bridgehead atoms. The minimum atomic E-state index is -4.65. The summed E-state index contributed by atoms with van der Waals surface area (Å²) in [7, 11) is -4.21. The summed E-state index contributed by atoms with van der Waals surface area (Å²) in [6, 6.07) is 2.70. The van der Waals surface area contributed by atoms with Crippen LogP contribution in [-0.4, -0.2) is 60.4 Å². The molecule has 1 saturated carbocycles. The van der Waals surface area contributed by atoms with E-state index in [-0.39, 0.29) is 22.3 Å². The van der Waals surface area contributed by atoms with Crippen molar-refractivity contribution in [3.8, 4) is 5.88 Å². The lowest BCUT2D eigenvalue weighted by atomic mass is 10.1. The maximum atomic E-state index is 13.9. The van der Waals surface area contributed by atoms with Crippen LogP contribution in [0.15, 0.2) is 40.0 Å². The van der Waals surface area contributed by atoms with Gasteiger partial charge in [-0.05, 0) is 47.0 Å². The second kappa shape index (κ2) is 8.17. The van der Waals surface area contributed by atoms with Crippen molar-refractivity contribution in [1.29, 1.82) is 0 Å². The number of sulfone groups is 1. The van der Waals surface area contributed by atoms with Crippen LogP contribution in [0.3, 0.4) is 0 Å². The van der Waals surface area contributed by atoms with Gasteiger partial charge in [-0.3, -0.25) is 9.88 Å². The van der Waals surface area contributed by atoms with Crippen molar-refractivity contribution >= 4 is 25.8 Å². The van der Waals surface area contributed by atoms with Crippen LogP contribution in [0, 0.1) is 0 Å². The van der Waals surface area contributed by atoms with Gasteiger partial charge in [0.15, 0.2) is 9.84 Å². The highest BCUT2D eigenvalue weighted by Gasteiger charge is 2.57. The number of alkyl halides is 3. The third-order valence-electron chi connectivity index (χ3n) is 6.49. The van der Waals surface area contributed by atoms with Crippen molar-refractivity contribution in [3.63, 3.8) is 0 Å². The number of piperazine rings is 1. The van der Waals surface area contributed by atoms with E-state index < -0.39 is 32.6 Å². The average Bonchev–Trinajstić information content (AvgIpc) is 3.54. The van der Waals surface area contributed by atoms with Crippen molar-refractivity contribution in [2.45, 2.75) is 47.2 Å². The second-order valence-corrected chi connectivity index (χ2v) is 11.8. The molecule has 1 aliphatic carbocycles. The molecule has 2 saturated heterocycles. The van der Waals surface area contributed by atoms with Gasteiger partial charge in [0.2, 0.25) is 5.88 Å². The summed E-state index contributed by atoms with van der Waals surface area (Å²) in [5.41, 5.74) is -0.0864. The van der Waals surface area contributed by atoms with E-state index in [9.17, 15) is 21.6 Å². The number of nitrogens with one attached hydrogen (secondary N) is 1. The first kappa shape index (κ1) is 23.0. The number of hydrogen-bond acceptors (Lipinski definition) is 7. The van der Waals surface area contributed by atoms with Crippen molar-refractivity contribution in [1.82, 2.24) is 20.2 Å². The van der Waals surface area contributed by atoms with E-state index in [1.54, 1.807) is 17.3 Å². The molecule has 3 aliphatic rings. The standard InChI is InChI=1S/C21H22BrF3N4O3S/c22-16-4-3-14(21(23,24)25)7-18(16)33(30,31)20-8-15(11-29(20)6-5-26-12-20)32-19-10-27-17(9-28-19)13-1-2-13/h3-4,7,9-10,13,15,26H,1-2,5-6,8,11-12H2. The molecule has 2 aromatic rings. The number of ether oxygens (including phenoxy) is 1. The normalized spacial score (nSPS) is 26.2. The van der Waals surface area contributed by atoms with Gasteiger partial charge in [-0.1, -0.05) is 0 Å². The Morgan fingerprint density at radius 2 is 2.00 bits per heavy atom. The predicted octanol–water partition coefficient (Wildman–Crippen LogP) is 3.36. The van der Waals surface area contributed by atoms with Crippen molar-refractivity contribution in [3.05, 3.63) is 46.3 Å². The molecule has 2 aliphatic heterocycles. The molecule has 2 atom stereocenters. The zero-order chi connectivity index (χ0) is 23.4. The largest absolute Gasteiger partial charge is 0.472 e. The van der Waals surface area contributed by atoms with Crippen LogP contribution in [-0.2, 0) is 16.0 Å². The number of fused-ring (bicyclic) bond motifs is 1. The average molecular weight is 547 g/mol. The van der Waals surface area contributed by atoms with E-state index in [4.69, 9.17) is 4.74 Å². The van der Waals surface area contributed by atoms with Gasteiger partial charge in [0.25, 0.3) is 0 Å². The van der Waals surface area contributed by atoms with Gasteiger partial charge in [-0.25, -0.2) is 13.4 Å². The number of hydrogen-bond donors (Lipinski definition) is 1. The molecule has 1 aromatic carbocycles. The number of rotatable bonds is 5. The first-order valence-electron chi connectivity index (χ1n) is 10.7. The quantitative estimate of drug-likeness (QED) is 0.615. The Morgan fingerprint density at radius 1 is 1.21 bits per heavy atom. The molecule has 1 aromatic heterocycles. The van der Waals surface area contributed by atoms with Crippen LogP contribution in [0.4, 0.5) is 13.2 Å². The van der Waals surface area contributed by atoms with E-state index in [2.05, 4.69) is 31.2 Å². The van der Waals surface area contributed by atoms with Gasteiger partial charge in [0, 0.05) is 43.0 Å². The first-order chi connectivity index (χ1) is 15.6. The Balaban J connectivity index is 1.45. The highest BCUT2D eigenvalue weighted by molar-refractivity contribution is 9.10. The van der Waals surface area contributed by atoms with Gasteiger partial charge >= 0.3 is 6.18 Å². The fourth-order valence-corrected chi connectivity index (χ4v) is 7.74. The summed E-state index contributed by atoms with van der Waals surface area (Å²) in [4.78, 5) is 8.70. The van der Waals surface area contributed by atoms with Crippen LogP contribution in [0.5, 0.6) is 5.88 Å². The lowest BCUT2D eigenvalue weighted by Gasteiger charge is -2.41. The molecule has 178 valence electrons. The SMILES string of the molecule is O=S(=O)(c1cc(C(F)(F)F)ccc1Br)C12CNCCN1CC(Oc1cnc(C3CC3)cn1)C2. The van der Waals surface area contributed by atoms with Crippen LogP contribution < -0.4 is 10.1 Å². The fourth-order valence-electron chi connectivity index (χ4n) is 4.63. The Bertz CT molecular complexity index is 1160. The van der Waals surface area contributed by atoms with E-state index in [0.717, 1.165) is 30.7 Å². The van der Waals surface area contributed by atoms with Crippen LogP contribution in [0.2, 0.25) is 0 Å². The summed E-state index contributed by atoms with van der Waals surface area (Å²) in [6.07, 6.45) is 0.384. The summed E-state index contributed by atoms with van der Waals surface area (Å²) in [6.45, 7) is 1.42. The molecule has 1 N–H and O–H groups in total. The Labute approximate surface area is 197 Å². The smallest absolute Gasteiger partial charge is 0.416 e. The topological polar surface area (TPSA) is 84.4 Å². The van der Waals surface area contributed by atoms with Gasteiger partial charge < -0.3 is 10.1 Å². The molecule has 33 heavy (non-hydrogen) atoms. The van der Waals surface area contributed by atoms with Crippen LogP contribution in [0.25, 0.3) is 0 Å². The number of nitrogens with zero attached hydrogens (tertiary/aromatic N) is 3. The second-order valence-electron chi connectivity index (χ2n) is 8.71. The van der Waals surface area contributed by atoms with Gasteiger partial charge in [-0.15, -0.1) is 0 Å². The molecular formula is C21H22BrF3N4O3S. The first-order valence-corrected chi connectivity index (χ1v) is 12.9. The molecule has 0 radical (unpaired) electrons. The molecule has 3 fully saturated rings.